The molecule has 0 fully saturated rings. The first-order valence-electron chi connectivity index (χ1n) is 15.3. The van der Waals surface area contributed by atoms with Crippen molar-refractivity contribution in [2.75, 3.05) is 36.2 Å². The van der Waals surface area contributed by atoms with Gasteiger partial charge in [-0.05, 0) is 87.1 Å². The molecule has 46 heavy (non-hydrogen) atoms. The number of aromatic nitrogens is 4. The Labute approximate surface area is 273 Å². The SMILES string of the molecule is CS(=O)(=O)O.CS(=O)(=O)O.Cc1cc2ncnc(NCCCCCCCCCCNc3ncnc4cc(C)c(C)cc34)c2cc1C. The van der Waals surface area contributed by atoms with Gasteiger partial charge in [-0.2, -0.15) is 16.8 Å². The van der Waals surface area contributed by atoms with Crippen molar-refractivity contribution >= 4 is 53.7 Å². The van der Waals surface area contributed by atoms with Crippen molar-refractivity contribution in [1.29, 1.82) is 0 Å². The molecule has 0 bridgehead atoms. The second-order valence-corrected chi connectivity index (χ2v) is 14.4. The number of aryl methyl sites for hydroxylation is 4. The van der Waals surface area contributed by atoms with Crippen molar-refractivity contribution in [3.63, 3.8) is 0 Å². The molecule has 0 atom stereocenters. The molecule has 2 heterocycles. The van der Waals surface area contributed by atoms with Gasteiger partial charge in [0, 0.05) is 23.9 Å². The van der Waals surface area contributed by atoms with Gasteiger partial charge in [0.15, 0.2) is 0 Å². The molecule has 254 valence electrons. The van der Waals surface area contributed by atoms with Gasteiger partial charge in [-0.3, -0.25) is 9.11 Å². The molecule has 0 saturated carbocycles. The fourth-order valence-corrected chi connectivity index (χ4v) is 4.64. The number of benzene rings is 2. The van der Waals surface area contributed by atoms with Crippen LogP contribution in [-0.4, -0.2) is 71.5 Å². The normalized spacial score (nSPS) is 11.4. The molecule has 0 amide bonds. The number of hydrogen-bond donors (Lipinski definition) is 4. The molecule has 0 aliphatic rings. The van der Waals surface area contributed by atoms with Gasteiger partial charge >= 0.3 is 0 Å². The number of rotatable bonds is 13. The lowest BCUT2D eigenvalue weighted by atomic mass is 10.1. The minimum atomic E-state index is -3.67. The molecule has 0 aliphatic heterocycles. The van der Waals surface area contributed by atoms with E-state index in [9.17, 15) is 16.8 Å². The highest BCUT2D eigenvalue weighted by Crippen LogP contribution is 2.24. The summed E-state index contributed by atoms with van der Waals surface area (Å²) in [5.41, 5.74) is 7.14. The van der Waals surface area contributed by atoms with Crippen molar-refractivity contribution in [3.05, 3.63) is 59.2 Å². The van der Waals surface area contributed by atoms with Crippen molar-refractivity contribution in [3.8, 4) is 0 Å². The summed E-state index contributed by atoms with van der Waals surface area (Å²) in [5, 5.41) is 9.28. The molecule has 0 spiro atoms. The molecule has 0 aliphatic carbocycles. The van der Waals surface area contributed by atoms with E-state index in [1.807, 2.05) is 0 Å². The molecular formula is C32H48N6O6S2. The maximum atomic E-state index is 9.19. The molecule has 2 aromatic heterocycles. The Kier molecular flexibility index (Phi) is 15.7. The molecule has 0 unspecified atom stereocenters. The van der Waals surface area contributed by atoms with Crippen LogP contribution in [0.4, 0.5) is 11.6 Å². The van der Waals surface area contributed by atoms with Crippen molar-refractivity contribution in [2.45, 2.75) is 79.1 Å². The molecule has 4 rings (SSSR count). The van der Waals surface area contributed by atoms with E-state index in [-0.39, 0.29) is 0 Å². The maximum absolute atomic E-state index is 9.19. The molecule has 4 aromatic rings. The van der Waals surface area contributed by atoms with Crippen LogP contribution >= 0.6 is 0 Å². The number of nitrogens with one attached hydrogen (secondary N) is 2. The zero-order valence-electron chi connectivity index (χ0n) is 27.7. The van der Waals surface area contributed by atoms with Crippen LogP contribution in [0.15, 0.2) is 36.9 Å². The standard InChI is InChI=1S/C30H40N6.2CH4O3S/c1-21-15-25-27(17-23(21)3)33-19-35-29(25)31-13-11-9-7-5-6-8-10-12-14-32-30-26-16-22(2)24(4)18-28(26)34-20-36-30;2*1-5(2,3)4/h15-20H,5-14H2,1-4H3,(H,31,33,35)(H,32,34,36);2*1H3,(H,2,3,4). The summed E-state index contributed by atoms with van der Waals surface area (Å²) < 4.78 is 51.7. The van der Waals surface area contributed by atoms with E-state index < -0.39 is 20.2 Å². The predicted molar refractivity (Wildman–Crippen MR) is 187 cm³/mol. The van der Waals surface area contributed by atoms with Gasteiger partial charge in [-0.15, -0.1) is 0 Å². The number of hydrogen-bond acceptors (Lipinski definition) is 10. The van der Waals surface area contributed by atoms with Crippen LogP contribution in [0.1, 0.15) is 73.6 Å². The van der Waals surface area contributed by atoms with E-state index in [0.717, 1.165) is 46.5 Å². The van der Waals surface area contributed by atoms with Crippen LogP contribution in [0, 0.1) is 27.7 Å². The molecule has 0 radical (unpaired) electrons. The maximum Gasteiger partial charge on any atom is 0.261 e. The smallest absolute Gasteiger partial charge is 0.261 e. The Morgan fingerprint density at radius 3 is 1.13 bits per heavy atom. The minimum absolute atomic E-state index is 0.715. The first kappa shape index (κ1) is 38.7. The van der Waals surface area contributed by atoms with E-state index in [2.05, 4.69) is 82.5 Å². The van der Waals surface area contributed by atoms with Gasteiger partial charge in [-0.25, -0.2) is 19.9 Å². The van der Waals surface area contributed by atoms with E-state index in [0.29, 0.717) is 12.5 Å². The van der Waals surface area contributed by atoms with E-state index in [1.54, 1.807) is 12.7 Å². The highest BCUT2D eigenvalue weighted by atomic mass is 32.2. The molecule has 4 N–H and O–H groups in total. The number of unbranched alkanes of at least 4 members (excludes halogenated alkanes) is 7. The van der Waals surface area contributed by atoms with Crippen LogP contribution in [0.25, 0.3) is 21.8 Å². The first-order valence-corrected chi connectivity index (χ1v) is 19.0. The van der Waals surface area contributed by atoms with Gasteiger partial charge < -0.3 is 10.6 Å². The van der Waals surface area contributed by atoms with Gasteiger partial charge in [0.25, 0.3) is 20.2 Å². The lowest BCUT2D eigenvalue weighted by Gasteiger charge is -2.10. The number of fused-ring (bicyclic) bond motifs is 2. The number of anilines is 2. The summed E-state index contributed by atoms with van der Waals surface area (Å²) in [5.74, 6) is 1.91. The van der Waals surface area contributed by atoms with Gasteiger partial charge in [0.2, 0.25) is 0 Å². The summed E-state index contributed by atoms with van der Waals surface area (Å²) >= 11 is 0. The monoisotopic (exact) mass is 676 g/mol. The van der Waals surface area contributed by atoms with Gasteiger partial charge in [-0.1, -0.05) is 38.5 Å². The molecule has 2 aromatic carbocycles. The van der Waals surface area contributed by atoms with Gasteiger partial charge in [0.1, 0.15) is 24.3 Å². The molecule has 12 nitrogen and oxygen atoms in total. The summed E-state index contributed by atoms with van der Waals surface area (Å²) in [6, 6.07) is 8.68. The summed E-state index contributed by atoms with van der Waals surface area (Å²) in [6.07, 6.45) is 14.8. The van der Waals surface area contributed by atoms with E-state index in [4.69, 9.17) is 9.11 Å². The van der Waals surface area contributed by atoms with Crippen LogP contribution in [0.2, 0.25) is 0 Å². The Balaban J connectivity index is 0.000000642. The van der Waals surface area contributed by atoms with E-state index >= 15 is 0 Å². The molecular weight excluding hydrogens is 629 g/mol. The van der Waals surface area contributed by atoms with Crippen molar-refractivity contribution in [2.24, 2.45) is 0 Å². The average molecular weight is 677 g/mol. The Morgan fingerprint density at radius 1 is 0.522 bits per heavy atom. The fraction of sp³-hybridized carbons (Fsp3) is 0.500. The third kappa shape index (κ3) is 15.7. The van der Waals surface area contributed by atoms with Gasteiger partial charge in [0.05, 0.1) is 23.5 Å². The van der Waals surface area contributed by atoms with Crippen LogP contribution in [0.3, 0.4) is 0 Å². The lowest BCUT2D eigenvalue weighted by Crippen LogP contribution is -2.05. The topological polar surface area (TPSA) is 184 Å². The third-order valence-electron chi connectivity index (χ3n) is 7.19. The Hall–Kier alpha value is -3.46. The highest BCUT2D eigenvalue weighted by molar-refractivity contribution is 7.85. The van der Waals surface area contributed by atoms with Crippen molar-refractivity contribution < 1.29 is 25.9 Å². The second-order valence-electron chi connectivity index (χ2n) is 11.5. The predicted octanol–water partition coefficient (Wildman–Crippen LogP) is 6.46. The Morgan fingerprint density at radius 2 is 0.804 bits per heavy atom. The molecule has 14 heteroatoms. The number of nitrogens with zero attached hydrogens (tertiary/aromatic N) is 4. The lowest BCUT2D eigenvalue weighted by molar-refractivity contribution is 0.488. The summed E-state index contributed by atoms with van der Waals surface area (Å²) in [6.45, 7) is 10.5. The van der Waals surface area contributed by atoms with E-state index in [1.165, 1.54) is 73.6 Å². The quantitative estimate of drug-likeness (QED) is 0.0896. The first-order chi connectivity index (χ1) is 21.5. The van der Waals surface area contributed by atoms with Crippen LogP contribution in [-0.2, 0) is 20.2 Å². The third-order valence-corrected chi connectivity index (χ3v) is 7.19. The molecule has 0 saturated heterocycles. The fourth-order valence-electron chi connectivity index (χ4n) is 4.64. The largest absolute Gasteiger partial charge is 0.369 e. The zero-order chi connectivity index (χ0) is 34.3. The average Bonchev–Trinajstić information content (AvgIpc) is 2.93. The highest BCUT2D eigenvalue weighted by Gasteiger charge is 2.07. The zero-order valence-corrected chi connectivity index (χ0v) is 29.3. The van der Waals surface area contributed by atoms with Crippen LogP contribution < -0.4 is 10.6 Å². The summed E-state index contributed by atoms with van der Waals surface area (Å²) in [7, 11) is -7.33. The minimum Gasteiger partial charge on any atom is -0.369 e. The van der Waals surface area contributed by atoms with Crippen molar-refractivity contribution in [1.82, 2.24) is 19.9 Å². The summed E-state index contributed by atoms with van der Waals surface area (Å²) in [4.78, 5) is 17.8. The Bertz CT molecular complexity index is 1640. The second kappa shape index (κ2) is 18.6. The van der Waals surface area contributed by atoms with Crippen LogP contribution in [0.5, 0.6) is 0 Å².